The summed E-state index contributed by atoms with van der Waals surface area (Å²) in [6.07, 6.45) is 4.98. The molecule has 1 atom stereocenters. The molecule has 2 heteroatoms. The highest BCUT2D eigenvalue weighted by Gasteiger charge is 2.30. The largest absolute Gasteiger partial charge is 0.314 e. The minimum Gasteiger partial charge on any atom is -0.314 e. The molecule has 17 heavy (non-hydrogen) atoms. The van der Waals surface area contributed by atoms with Gasteiger partial charge in [-0.05, 0) is 68.3 Å². The Kier molecular flexibility index (Phi) is 4.16. The molecule has 0 aromatic heterocycles. The van der Waals surface area contributed by atoms with Crippen LogP contribution in [-0.2, 0) is 6.42 Å². The first-order valence-electron chi connectivity index (χ1n) is 6.69. The highest BCUT2D eigenvalue weighted by molar-refractivity contribution is 5.26. The zero-order valence-corrected chi connectivity index (χ0v) is 10.8. The van der Waals surface area contributed by atoms with Crippen molar-refractivity contribution in [3.63, 3.8) is 0 Å². The van der Waals surface area contributed by atoms with E-state index in [1.807, 2.05) is 13.0 Å². The summed E-state index contributed by atoms with van der Waals surface area (Å²) in [5, 5.41) is 3.57. The van der Waals surface area contributed by atoms with E-state index in [4.69, 9.17) is 0 Å². The second-order valence-electron chi connectivity index (χ2n) is 5.11. The van der Waals surface area contributed by atoms with Crippen LogP contribution in [0.15, 0.2) is 18.2 Å². The SMILES string of the molecule is CCNC(CCc1ccc(F)cc1C)C1CC1. The molecule has 1 fully saturated rings. The zero-order chi connectivity index (χ0) is 12.3. The van der Waals surface area contributed by atoms with E-state index >= 15 is 0 Å². The van der Waals surface area contributed by atoms with Crippen LogP contribution in [0.4, 0.5) is 4.39 Å². The van der Waals surface area contributed by atoms with Crippen LogP contribution in [0, 0.1) is 18.7 Å². The molecule has 2 rings (SSSR count). The van der Waals surface area contributed by atoms with Gasteiger partial charge in [0.25, 0.3) is 0 Å². The third-order valence-electron chi connectivity index (χ3n) is 3.69. The third-order valence-corrected chi connectivity index (χ3v) is 3.69. The van der Waals surface area contributed by atoms with Gasteiger partial charge in [0.1, 0.15) is 5.82 Å². The van der Waals surface area contributed by atoms with Crippen LogP contribution in [0.5, 0.6) is 0 Å². The van der Waals surface area contributed by atoms with Crippen LogP contribution in [0.1, 0.15) is 37.3 Å². The predicted octanol–water partition coefficient (Wildman–Crippen LogP) is 3.45. The summed E-state index contributed by atoms with van der Waals surface area (Å²) in [5.41, 5.74) is 2.37. The second kappa shape index (κ2) is 5.63. The molecule has 1 aliphatic carbocycles. The van der Waals surface area contributed by atoms with Gasteiger partial charge in [0.15, 0.2) is 0 Å². The van der Waals surface area contributed by atoms with Crippen molar-refractivity contribution in [2.75, 3.05) is 6.54 Å². The molecular formula is C15H22FN. The minimum absolute atomic E-state index is 0.128. The Hall–Kier alpha value is -0.890. The van der Waals surface area contributed by atoms with E-state index in [2.05, 4.69) is 12.2 Å². The predicted molar refractivity (Wildman–Crippen MR) is 69.6 cm³/mol. The number of rotatable bonds is 6. The summed E-state index contributed by atoms with van der Waals surface area (Å²) < 4.78 is 13.0. The molecule has 1 aliphatic rings. The number of nitrogens with one attached hydrogen (secondary N) is 1. The lowest BCUT2D eigenvalue weighted by molar-refractivity contribution is 0.446. The molecule has 1 aromatic carbocycles. The standard InChI is InChI=1S/C15H22FN/c1-3-17-15(13-4-5-13)9-7-12-6-8-14(16)10-11(12)2/h6,8,10,13,15,17H,3-5,7,9H2,1-2H3. The summed E-state index contributed by atoms with van der Waals surface area (Å²) >= 11 is 0. The van der Waals surface area contributed by atoms with Crippen LogP contribution in [0.25, 0.3) is 0 Å². The lowest BCUT2D eigenvalue weighted by Crippen LogP contribution is -2.31. The maximum absolute atomic E-state index is 13.0. The van der Waals surface area contributed by atoms with Crippen LogP contribution in [-0.4, -0.2) is 12.6 Å². The summed E-state index contributed by atoms with van der Waals surface area (Å²) in [6, 6.07) is 5.79. The summed E-state index contributed by atoms with van der Waals surface area (Å²) in [4.78, 5) is 0. The second-order valence-corrected chi connectivity index (χ2v) is 5.11. The van der Waals surface area contributed by atoms with Gasteiger partial charge in [0, 0.05) is 6.04 Å². The van der Waals surface area contributed by atoms with Crippen molar-refractivity contribution in [3.8, 4) is 0 Å². The molecule has 0 aliphatic heterocycles. The number of hydrogen-bond acceptors (Lipinski definition) is 1. The van der Waals surface area contributed by atoms with Crippen molar-refractivity contribution in [1.29, 1.82) is 0 Å². The topological polar surface area (TPSA) is 12.0 Å². The molecule has 0 amide bonds. The van der Waals surface area contributed by atoms with E-state index in [0.29, 0.717) is 6.04 Å². The molecule has 0 radical (unpaired) electrons. The summed E-state index contributed by atoms with van der Waals surface area (Å²) in [5.74, 6) is 0.757. The van der Waals surface area contributed by atoms with Crippen molar-refractivity contribution < 1.29 is 4.39 Å². The molecule has 0 spiro atoms. The lowest BCUT2D eigenvalue weighted by atomic mass is 9.98. The fraction of sp³-hybridized carbons (Fsp3) is 0.600. The van der Waals surface area contributed by atoms with Crippen molar-refractivity contribution in [2.45, 2.75) is 45.6 Å². The van der Waals surface area contributed by atoms with E-state index in [-0.39, 0.29) is 5.82 Å². The summed E-state index contributed by atoms with van der Waals surface area (Å²) in [7, 11) is 0. The molecule has 1 aromatic rings. The van der Waals surface area contributed by atoms with Gasteiger partial charge in [-0.3, -0.25) is 0 Å². The Labute approximate surface area is 103 Å². The number of hydrogen-bond donors (Lipinski definition) is 1. The number of halogens is 1. The first-order valence-corrected chi connectivity index (χ1v) is 6.69. The van der Waals surface area contributed by atoms with Crippen LogP contribution in [0.2, 0.25) is 0 Å². The van der Waals surface area contributed by atoms with Gasteiger partial charge in [-0.2, -0.15) is 0 Å². The smallest absolute Gasteiger partial charge is 0.123 e. The van der Waals surface area contributed by atoms with Crippen LogP contribution in [0.3, 0.4) is 0 Å². The Morgan fingerprint density at radius 3 is 2.76 bits per heavy atom. The summed E-state index contributed by atoms with van der Waals surface area (Å²) in [6.45, 7) is 5.21. The average molecular weight is 235 g/mol. The van der Waals surface area contributed by atoms with E-state index in [0.717, 1.165) is 24.4 Å². The zero-order valence-electron chi connectivity index (χ0n) is 10.8. The third kappa shape index (κ3) is 3.53. The first kappa shape index (κ1) is 12.6. The fourth-order valence-corrected chi connectivity index (χ4v) is 2.52. The number of aryl methyl sites for hydroxylation is 2. The Morgan fingerprint density at radius 2 is 2.18 bits per heavy atom. The highest BCUT2D eigenvalue weighted by atomic mass is 19.1. The van der Waals surface area contributed by atoms with E-state index in [1.165, 1.54) is 24.8 Å². The lowest BCUT2D eigenvalue weighted by Gasteiger charge is -2.17. The first-order chi connectivity index (χ1) is 8.20. The molecule has 0 saturated heterocycles. The number of benzene rings is 1. The Bertz CT molecular complexity index is 371. The minimum atomic E-state index is -0.128. The van der Waals surface area contributed by atoms with E-state index in [9.17, 15) is 4.39 Å². The van der Waals surface area contributed by atoms with Crippen molar-refractivity contribution in [3.05, 3.63) is 35.1 Å². The molecule has 1 nitrogen and oxygen atoms in total. The highest BCUT2D eigenvalue weighted by Crippen LogP contribution is 2.34. The maximum atomic E-state index is 13.0. The van der Waals surface area contributed by atoms with Crippen molar-refractivity contribution in [1.82, 2.24) is 5.32 Å². The van der Waals surface area contributed by atoms with Crippen LogP contribution < -0.4 is 5.32 Å². The molecule has 1 unspecified atom stereocenters. The molecular weight excluding hydrogens is 213 g/mol. The molecule has 0 bridgehead atoms. The quantitative estimate of drug-likeness (QED) is 0.796. The van der Waals surface area contributed by atoms with Gasteiger partial charge >= 0.3 is 0 Å². The normalized spacial score (nSPS) is 17.1. The average Bonchev–Trinajstić information content (AvgIpc) is 3.10. The molecule has 1 N–H and O–H groups in total. The molecule has 94 valence electrons. The van der Waals surface area contributed by atoms with Gasteiger partial charge in [-0.25, -0.2) is 4.39 Å². The van der Waals surface area contributed by atoms with Crippen molar-refractivity contribution in [2.24, 2.45) is 5.92 Å². The van der Waals surface area contributed by atoms with Crippen LogP contribution >= 0.6 is 0 Å². The van der Waals surface area contributed by atoms with Gasteiger partial charge in [-0.1, -0.05) is 13.0 Å². The van der Waals surface area contributed by atoms with Gasteiger partial charge in [0.2, 0.25) is 0 Å². The van der Waals surface area contributed by atoms with Crippen molar-refractivity contribution >= 4 is 0 Å². The monoisotopic (exact) mass is 235 g/mol. The Morgan fingerprint density at radius 1 is 1.41 bits per heavy atom. The Balaban J connectivity index is 1.91. The van der Waals surface area contributed by atoms with E-state index < -0.39 is 0 Å². The molecule has 0 heterocycles. The van der Waals surface area contributed by atoms with Gasteiger partial charge < -0.3 is 5.32 Å². The van der Waals surface area contributed by atoms with E-state index in [1.54, 1.807) is 12.1 Å². The fourth-order valence-electron chi connectivity index (χ4n) is 2.52. The van der Waals surface area contributed by atoms with Gasteiger partial charge in [-0.15, -0.1) is 0 Å². The maximum Gasteiger partial charge on any atom is 0.123 e. The van der Waals surface area contributed by atoms with Gasteiger partial charge in [0.05, 0.1) is 0 Å². The molecule has 1 saturated carbocycles.